The number of pyridine rings is 1. The quantitative estimate of drug-likeness (QED) is 0.435. The van der Waals surface area contributed by atoms with Crippen LogP contribution in [0.25, 0.3) is 17.0 Å². The van der Waals surface area contributed by atoms with Crippen molar-refractivity contribution < 1.29 is 14.3 Å². The highest BCUT2D eigenvalue weighted by molar-refractivity contribution is 5.96. The van der Waals surface area contributed by atoms with Gasteiger partial charge in [-0.2, -0.15) is 5.26 Å². The Morgan fingerprint density at radius 1 is 1.24 bits per heavy atom. The molecule has 7 nitrogen and oxygen atoms in total. The second-order valence-electron chi connectivity index (χ2n) is 8.27. The number of rotatable bonds is 6. The van der Waals surface area contributed by atoms with Crippen molar-refractivity contribution in [3.05, 3.63) is 65.0 Å². The number of carbonyl (C=O) groups is 2. The highest BCUT2D eigenvalue weighted by Gasteiger charge is 2.26. The minimum atomic E-state index is -0.628. The molecule has 0 aliphatic heterocycles. The Kier molecular flexibility index (Phi) is 6.55. The van der Waals surface area contributed by atoms with Gasteiger partial charge in [-0.25, -0.2) is 4.79 Å². The molecule has 2 heterocycles. The fraction of sp³-hybridized carbons (Fsp3) is 0.308. The van der Waals surface area contributed by atoms with Gasteiger partial charge in [-0.15, -0.1) is 0 Å². The zero-order valence-corrected chi connectivity index (χ0v) is 18.8. The van der Waals surface area contributed by atoms with E-state index in [1.807, 2.05) is 44.2 Å². The first kappa shape index (κ1) is 22.3. The van der Waals surface area contributed by atoms with Crippen LogP contribution in [-0.4, -0.2) is 28.0 Å². The van der Waals surface area contributed by atoms with E-state index in [-0.39, 0.29) is 6.04 Å². The van der Waals surface area contributed by atoms with Gasteiger partial charge in [0.1, 0.15) is 11.9 Å². The third-order valence-corrected chi connectivity index (χ3v) is 6.22. The van der Waals surface area contributed by atoms with Gasteiger partial charge in [-0.05, 0) is 44.4 Å². The van der Waals surface area contributed by atoms with Gasteiger partial charge in [0.15, 0.2) is 6.61 Å². The standard InChI is InChI=1S/C26H26N4O3/c1-17-18(2)30(21-10-3-4-11-21)26(22(17)15-27)29-23(31)16-33-24(32)13-12-20-8-5-7-19-9-6-14-28-25(19)20/h5-9,12-14,21H,3-4,10-11,16H2,1-2H3,(H,29,31)/b13-12+. The maximum atomic E-state index is 12.6. The number of benzene rings is 1. The topological polar surface area (TPSA) is 97.0 Å². The Bertz CT molecular complexity index is 1270. The van der Waals surface area contributed by atoms with Crippen molar-refractivity contribution in [1.82, 2.24) is 9.55 Å². The summed E-state index contributed by atoms with van der Waals surface area (Å²) in [5.41, 5.74) is 3.88. The fourth-order valence-corrected chi connectivity index (χ4v) is 4.48. The zero-order chi connectivity index (χ0) is 23.4. The van der Waals surface area contributed by atoms with E-state index in [4.69, 9.17) is 4.74 Å². The summed E-state index contributed by atoms with van der Waals surface area (Å²) in [5.74, 6) is -0.605. The molecule has 0 bridgehead atoms. The van der Waals surface area contributed by atoms with Crippen LogP contribution in [0.1, 0.15) is 54.1 Å². The smallest absolute Gasteiger partial charge is 0.331 e. The number of para-hydroxylation sites is 1. The molecule has 1 aliphatic rings. The molecule has 0 saturated heterocycles. The van der Waals surface area contributed by atoms with Gasteiger partial charge in [-0.1, -0.05) is 37.1 Å². The van der Waals surface area contributed by atoms with Gasteiger partial charge >= 0.3 is 5.97 Å². The molecular weight excluding hydrogens is 416 g/mol. The Morgan fingerprint density at radius 3 is 2.76 bits per heavy atom. The molecule has 1 amide bonds. The van der Waals surface area contributed by atoms with Crippen LogP contribution < -0.4 is 5.32 Å². The fourth-order valence-electron chi connectivity index (χ4n) is 4.48. The SMILES string of the molecule is Cc1c(C#N)c(NC(=O)COC(=O)/C=C/c2cccc3cccnc23)n(C2CCCC2)c1C. The number of esters is 1. The molecule has 168 valence electrons. The average Bonchev–Trinajstić information content (AvgIpc) is 3.43. The maximum absolute atomic E-state index is 12.6. The predicted octanol–water partition coefficient (Wildman–Crippen LogP) is 4.84. The number of hydrogen-bond acceptors (Lipinski definition) is 5. The number of nitrogens with zero attached hydrogens (tertiary/aromatic N) is 3. The number of carbonyl (C=O) groups excluding carboxylic acids is 2. The number of aromatic nitrogens is 2. The van der Waals surface area contributed by atoms with Crippen molar-refractivity contribution >= 4 is 34.7 Å². The molecule has 1 N–H and O–H groups in total. The lowest BCUT2D eigenvalue weighted by Gasteiger charge is -2.19. The van der Waals surface area contributed by atoms with E-state index < -0.39 is 18.5 Å². The molecule has 1 aliphatic carbocycles. The summed E-state index contributed by atoms with van der Waals surface area (Å²) in [5, 5.41) is 13.4. The first-order chi connectivity index (χ1) is 16.0. The van der Waals surface area contributed by atoms with E-state index in [9.17, 15) is 14.9 Å². The van der Waals surface area contributed by atoms with E-state index in [0.717, 1.165) is 53.4 Å². The summed E-state index contributed by atoms with van der Waals surface area (Å²) in [6, 6.07) is 12.0. The van der Waals surface area contributed by atoms with Gasteiger partial charge < -0.3 is 14.6 Å². The lowest BCUT2D eigenvalue weighted by atomic mass is 10.1. The van der Waals surface area contributed by atoms with Crippen molar-refractivity contribution in [3.63, 3.8) is 0 Å². The van der Waals surface area contributed by atoms with Crippen LogP contribution in [0.5, 0.6) is 0 Å². The molecular formula is C26H26N4O3. The Balaban J connectivity index is 1.42. The molecule has 0 radical (unpaired) electrons. The van der Waals surface area contributed by atoms with E-state index in [1.54, 1.807) is 12.3 Å². The number of nitrogens with one attached hydrogen (secondary N) is 1. The van der Waals surface area contributed by atoms with Gasteiger partial charge in [-0.3, -0.25) is 9.78 Å². The second-order valence-corrected chi connectivity index (χ2v) is 8.27. The van der Waals surface area contributed by atoms with Crippen LogP contribution in [0.3, 0.4) is 0 Å². The number of hydrogen-bond donors (Lipinski definition) is 1. The lowest BCUT2D eigenvalue weighted by Crippen LogP contribution is -2.23. The summed E-state index contributed by atoms with van der Waals surface area (Å²) >= 11 is 0. The van der Waals surface area contributed by atoms with E-state index in [1.165, 1.54) is 6.08 Å². The number of ether oxygens (including phenoxy) is 1. The molecule has 2 aromatic heterocycles. The Labute approximate surface area is 192 Å². The molecule has 0 spiro atoms. The molecule has 0 unspecified atom stereocenters. The molecule has 4 rings (SSSR count). The summed E-state index contributed by atoms with van der Waals surface area (Å²) in [6.07, 6.45) is 8.91. The van der Waals surface area contributed by atoms with Crippen LogP contribution in [0.4, 0.5) is 5.82 Å². The minimum absolute atomic E-state index is 0.265. The third kappa shape index (κ3) is 4.65. The number of nitriles is 1. The monoisotopic (exact) mass is 442 g/mol. The van der Waals surface area contributed by atoms with Gasteiger partial charge in [0.05, 0.1) is 11.1 Å². The summed E-state index contributed by atoms with van der Waals surface area (Å²) < 4.78 is 7.20. The first-order valence-electron chi connectivity index (χ1n) is 11.1. The molecule has 33 heavy (non-hydrogen) atoms. The van der Waals surface area contributed by atoms with Crippen LogP contribution >= 0.6 is 0 Å². The van der Waals surface area contributed by atoms with Crippen LogP contribution in [0.2, 0.25) is 0 Å². The van der Waals surface area contributed by atoms with Crippen molar-refractivity contribution in [1.29, 1.82) is 5.26 Å². The van der Waals surface area contributed by atoms with Crippen molar-refractivity contribution in [2.75, 3.05) is 11.9 Å². The highest BCUT2D eigenvalue weighted by Crippen LogP contribution is 2.37. The number of amides is 1. The van der Waals surface area contributed by atoms with Crippen molar-refractivity contribution in [2.45, 2.75) is 45.6 Å². The molecule has 1 fully saturated rings. The highest BCUT2D eigenvalue weighted by atomic mass is 16.5. The molecule has 1 saturated carbocycles. The predicted molar refractivity (Wildman–Crippen MR) is 126 cm³/mol. The first-order valence-corrected chi connectivity index (χ1v) is 11.1. The normalized spacial score (nSPS) is 14.0. The van der Waals surface area contributed by atoms with Crippen molar-refractivity contribution in [2.24, 2.45) is 0 Å². The molecule has 3 aromatic rings. The number of fused-ring (bicyclic) bond motifs is 1. The van der Waals surface area contributed by atoms with E-state index >= 15 is 0 Å². The second kappa shape index (κ2) is 9.70. The largest absolute Gasteiger partial charge is 0.452 e. The van der Waals surface area contributed by atoms with Gasteiger partial charge in [0, 0.05) is 35.0 Å². The number of anilines is 1. The summed E-state index contributed by atoms with van der Waals surface area (Å²) in [7, 11) is 0. The van der Waals surface area contributed by atoms with Crippen molar-refractivity contribution in [3.8, 4) is 6.07 Å². The average molecular weight is 443 g/mol. The van der Waals surface area contributed by atoms with Gasteiger partial charge in [0.2, 0.25) is 0 Å². The summed E-state index contributed by atoms with van der Waals surface area (Å²) in [6.45, 7) is 3.43. The lowest BCUT2D eigenvalue weighted by molar-refractivity contribution is -0.142. The third-order valence-electron chi connectivity index (χ3n) is 6.22. The molecule has 7 heteroatoms. The molecule has 0 atom stereocenters. The Morgan fingerprint density at radius 2 is 2.00 bits per heavy atom. The van der Waals surface area contributed by atoms with E-state index in [0.29, 0.717) is 11.4 Å². The van der Waals surface area contributed by atoms with Crippen LogP contribution in [0.15, 0.2) is 42.6 Å². The zero-order valence-electron chi connectivity index (χ0n) is 18.8. The Hall–Kier alpha value is -3.92. The van der Waals surface area contributed by atoms with Crippen LogP contribution in [-0.2, 0) is 14.3 Å². The summed E-state index contributed by atoms with van der Waals surface area (Å²) in [4.78, 5) is 29.1. The van der Waals surface area contributed by atoms with E-state index in [2.05, 4.69) is 20.9 Å². The minimum Gasteiger partial charge on any atom is -0.452 e. The van der Waals surface area contributed by atoms with Gasteiger partial charge in [0.25, 0.3) is 5.91 Å². The van der Waals surface area contributed by atoms with Crippen LogP contribution in [0, 0.1) is 25.2 Å². The maximum Gasteiger partial charge on any atom is 0.331 e. The molecule has 1 aromatic carbocycles.